The van der Waals surface area contributed by atoms with Gasteiger partial charge in [0.05, 0.1) is 9.79 Å². The van der Waals surface area contributed by atoms with Gasteiger partial charge in [-0.25, -0.2) is 17.4 Å². The molecule has 1 aliphatic heterocycles. The highest BCUT2D eigenvalue weighted by atomic mass is 32.3. The van der Waals surface area contributed by atoms with Crippen LogP contribution in [0, 0.1) is 0 Å². The normalized spacial score (nSPS) is 15.6. The fourth-order valence-corrected chi connectivity index (χ4v) is 4.30. The summed E-state index contributed by atoms with van der Waals surface area (Å²) in [5.74, 6) is 0.153. The van der Waals surface area contributed by atoms with Crippen LogP contribution in [0.1, 0.15) is 6.42 Å². The second-order valence-corrected chi connectivity index (χ2v) is 7.84. The Morgan fingerprint density at radius 3 is 2.55 bits per heavy atom. The molecule has 0 aliphatic carbocycles. The fraction of sp³-hybridized carbons (Fsp3) is 0.273. The van der Waals surface area contributed by atoms with Crippen molar-refractivity contribution in [1.82, 2.24) is 14.8 Å². The molecule has 0 bridgehead atoms. The van der Waals surface area contributed by atoms with E-state index in [1.165, 1.54) is 23.1 Å². The van der Waals surface area contributed by atoms with Crippen molar-refractivity contribution >= 4 is 26.2 Å². The summed E-state index contributed by atoms with van der Waals surface area (Å²) in [5, 5.41) is 3.91. The third-order valence-electron chi connectivity index (χ3n) is 3.22. The Hall–Kier alpha value is -2.01. The van der Waals surface area contributed by atoms with Crippen LogP contribution >= 0.6 is 0 Å². The molecule has 0 spiro atoms. The van der Waals surface area contributed by atoms with E-state index < -0.39 is 25.1 Å². The van der Waals surface area contributed by atoms with Gasteiger partial charge in [-0.05, 0) is 24.6 Å². The van der Waals surface area contributed by atoms with E-state index >= 15 is 0 Å². The highest BCUT2D eigenvalue weighted by Crippen LogP contribution is 2.26. The zero-order valence-electron chi connectivity index (χ0n) is 11.1. The molecule has 1 aromatic heterocycles. The summed E-state index contributed by atoms with van der Waals surface area (Å²) in [6.07, 6.45) is 1.78. The maximum absolute atomic E-state index is 13.1. The Bertz CT molecular complexity index is 923. The molecular formula is C11H11FN4O4S2. The van der Waals surface area contributed by atoms with Crippen molar-refractivity contribution in [2.75, 3.05) is 10.8 Å². The first kappa shape index (κ1) is 14.9. The van der Waals surface area contributed by atoms with Crippen molar-refractivity contribution in [1.29, 1.82) is 0 Å². The summed E-state index contributed by atoms with van der Waals surface area (Å²) in [4.78, 5) is 2.89. The average molecular weight is 346 g/mol. The molecule has 0 saturated heterocycles. The minimum absolute atomic E-state index is 0.153. The van der Waals surface area contributed by atoms with Crippen LogP contribution in [0.3, 0.4) is 0 Å². The monoisotopic (exact) mass is 346 g/mol. The first-order chi connectivity index (χ1) is 10.3. The molecule has 0 radical (unpaired) electrons. The molecular weight excluding hydrogens is 335 g/mol. The minimum Gasteiger partial charge on any atom is -0.234 e. The fourth-order valence-electron chi connectivity index (χ4n) is 2.21. The van der Waals surface area contributed by atoms with Gasteiger partial charge in [0.15, 0.2) is 0 Å². The summed E-state index contributed by atoms with van der Waals surface area (Å²) in [7, 11) is -9.03. The van der Waals surface area contributed by atoms with Gasteiger partial charge >= 0.3 is 10.2 Å². The van der Waals surface area contributed by atoms with Gasteiger partial charge in [-0.1, -0.05) is 6.07 Å². The van der Waals surface area contributed by atoms with E-state index in [4.69, 9.17) is 0 Å². The number of nitrogens with zero attached hydrogens (tertiary/aromatic N) is 4. The number of fused-ring (bicyclic) bond motifs is 1. The highest BCUT2D eigenvalue weighted by Gasteiger charge is 2.31. The molecule has 8 nitrogen and oxygen atoms in total. The standard InChI is InChI=1S/C11H11FN4O4S2/c12-21(17,18)9-3-1-4-10(7-9)22(19,20)16-6-2-5-15-11(16)13-8-14-15/h1,3-4,7-8H,2,5-6H2. The van der Waals surface area contributed by atoms with Crippen molar-refractivity contribution in [2.45, 2.75) is 22.8 Å². The Labute approximate surface area is 126 Å². The van der Waals surface area contributed by atoms with Gasteiger partial charge in [0.2, 0.25) is 5.95 Å². The summed E-state index contributed by atoms with van der Waals surface area (Å²) in [6.45, 7) is 0.730. The number of aromatic nitrogens is 3. The minimum atomic E-state index is -4.98. The summed E-state index contributed by atoms with van der Waals surface area (Å²) in [6, 6.07) is 4.17. The first-order valence-corrected chi connectivity index (χ1v) is 9.08. The summed E-state index contributed by atoms with van der Waals surface area (Å²) < 4.78 is 62.7. The van der Waals surface area contributed by atoms with Crippen molar-refractivity contribution in [3.63, 3.8) is 0 Å². The molecule has 0 N–H and O–H groups in total. The summed E-state index contributed by atoms with van der Waals surface area (Å²) >= 11 is 0. The first-order valence-electron chi connectivity index (χ1n) is 6.25. The average Bonchev–Trinajstić information content (AvgIpc) is 2.94. The molecule has 0 fully saturated rings. The lowest BCUT2D eigenvalue weighted by atomic mass is 10.4. The van der Waals surface area contributed by atoms with Crippen molar-refractivity contribution in [3.8, 4) is 0 Å². The van der Waals surface area contributed by atoms with Gasteiger partial charge in [-0.3, -0.25) is 0 Å². The number of hydrogen-bond donors (Lipinski definition) is 0. The molecule has 118 valence electrons. The van der Waals surface area contributed by atoms with Crippen molar-refractivity contribution in [2.24, 2.45) is 0 Å². The largest absolute Gasteiger partial charge is 0.332 e. The van der Waals surface area contributed by atoms with E-state index in [2.05, 4.69) is 10.1 Å². The van der Waals surface area contributed by atoms with Crippen LogP contribution in [0.2, 0.25) is 0 Å². The van der Waals surface area contributed by atoms with E-state index in [9.17, 15) is 20.7 Å². The lowest BCUT2D eigenvalue weighted by Crippen LogP contribution is -2.38. The van der Waals surface area contributed by atoms with Crippen LogP contribution in [0.5, 0.6) is 0 Å². The number of anilines is 1. The summed E-state index contributed by atoms with van der Waals surface area (Å²) in [5.41, 5.74) is 0. The van der Waals surface area contributed by atoms with E-state index in [1.54, 1.807) is 0 Å². The van der Waals surface area contributed by atoms with Gasteiger partial charge in [0.1, 0.15) is 6.33 Å². The molecule has 22 heavy (non-hydrogen) atoms. The lowest BCUT2D eigenvalue weighted by Gasteiger charge is -2.27. The molecule has 0 amide bonds. The third kappa shape index (κ3) is 2.46. The zero-order valence-corrected chi connectivity index (χ0v) is 12.8. The number of sulfonamides is 1. The van der Waals surface area contributed by atoms with Gasteiger partial charge in [-0.2, -0.15) is 18.5 Å². The number of aryl methyl sites for hydroxylation is 1. The maximum Gasteiger partial charge on any atom is 0.332 e. The van der Waals surface area contributed by atoms with Crippen LogP contribution in [0.25, 0.3) is 0 Å². The lowest BCUT2D eigenvalue weighted by molar-refractivity contribution is 0.529. The second kappa shape index (κ2) is 5.02. The molecule has 11 heteroatoms. The Morgan fingerprint density at radius 2 is 1.82 bits per heavy atom. The van der Waals surface area contributed by atoms with Crippen LogP contribution in [-0.2, 0) is 26.8 Å². The molecule has 2 aromatic rings. The van der Waals surface area contributed by atoms with Gasteiger partial charge in [-0.15, -0.1) is 3.89 Å². The van der Waals surface area contributed by atoms with Crippen LogP contribution in [0.4, 0.5) is 9.83 Å². The van der Waals surface area contributed by atoms with E-state index in [0.29, 0.717) is 13.0 Å². The molecule has 0 atom stereocenters. The van der Waals surface area contributed by atoms with Gasteiger partial charge < -0.3 is 0 Å². The van der Waals surface area contributed by atoms with Crippen LogP contribution in [0.15, 0.2) is 40.4 Å². The number of halogens is 1. The predicted octanol–water partition coefficient (Wildman–Crippen LogP) is 0.535. The van der Waals surface area contributed by atoms with Gasteiger partial charge in [0.25, 0.3) is 10.0 Å². The SMILES string of the molecule is O=S(=O)(F)c1cccc(S(=O)(=O)N2CCCn3ncnc32)c1. The van der Waals surface area contributed by atoms with Crippen LogP contribution in [-0.4, -0.2) is 38.1 Å². The van der Waals surface area contributed by atoms with Crippen molar-refractivity contribution < 1.29 is 20.7 Å². The molecule has 2 heterocycles. The maximum atomic E-state index is 13.1. The smallest absolute Gasteiger partial charge is 0.234 e. The molecule has 1 aromatic carbocycles. The Kier molecular flexibility index (Phi) is 3.40. The van der Waals surface area contributed by atoms with E-state index in [0.717, 1.165) is 16.4 Å². The van der Waals surface area contributed by atoms with Gasteiger partial charge in [0, 0.05) is 13.1 Å². The molecule has 3 rings (SSSR count). The highest BCUT2D eigenvalue weighted by molar-refractivity contribution is 7.93. The third-order valence-corrected chi connectivity index (χ3v) is 5.82. The zero-order chi connectivity index (χ0) is 16.0. The predicted molar refractivity (Wildman–Crippen MR) is 73.9 cm³/mol. The number of rotatable bonds is 3. The van der Waals surface area contributed by atoms with Crippen molar-refractivity contribution in [3.05, 3.63) is 30.6 Å². The topological polar surface area (TPSA) is 102 Å². The second-order valence-electron chi connectivity index (χ2n) is 4.63. The van der Waals surface area contributed by atoms with E-state index in [1.807, 2.05) is 0 Å². The Balaban J connectivity index is 2.09. The molecule has 0 unspecified atom stereocenters. The number of benzene rings is 1. The molecule has 0 saturated carbocycles. The van der Waals surface area contributed by atoms with E-state index in [-0.39, 0.29) is 17.4 Å². The molecule has 1 aliphatic rings. The Morgan fingerprint density at radius 1 is 1.09 bits per heavy atom. The van der Waals surface area contributed by atoms with Crippen LogP contribution < -0.4 is 4.31 Å². The number of hydrogen-bond acceptors (Lipinski definition) is 6. The quantitative estimate of drug-likeness (QED) is 0.752.